The number of allylic oxidation sites excluding steroid dienone is 1. The molecular formula is C37H41N3O7. The normalized spacial score (nSPS) is 21.7. The Morgan fingerprint density at radius 1 is 0.894 bits per heavy atom. The number of amides is 3. The number of cyclic esters (lactones) is 1. The van der Waals surface area contributed by atoms with Crippen LogP contribution in [-0.2, 0) is 49.9 Å². The van der Waals surface area contributed by atoms with Crippen molar-refractivity contribution in [2.45, 2.75) is 63.4 Å². The maximum atomic E-state index is 13.7. The minimum atomic E-state index is -1.01. The Labute approximate surface area is 274 Å². The van der Waals surface area contributed by atoms with Gasteiger partial charge in [0.05, 0.1) is 24.6 Å². The lowest BCUT2D eigenvalue weighted by atomic mass is 9.92. The first-order valence-corrected chi connectivity index (χ1v) is 16.0. The van der Waals surface area contributed by atoms with Crippen molar-refractivity contribution in [3.05, 3.63) is 119 Å². The van der Waals surface area contributed by atoms with Crippen LogP contribution in [0.25, 0.3) is 0 Å². The number of esters is 1. The number of hydrogen-bond acceptors (Lipinski definition) is 7. The first kappa shape index (κ1) is 33.4. The lowest BCUT2D eigenvalue weighted by Crippen LogP contribution is -2.49. The fourth-order valence-corrected chi connectivity index (χ4v) is 5.92. The lowest BCUT2D eigenvalue weighted by molar-refractivity contribution is -0.147. The van der Waals surface area contributed by atoms with Gasteiger partial charge >= 0.3 is 12.1 Å². The highest BCUT2D eigenvalue weighted by molar-refractivity contribution is 5.86. The molecule has 3 amide bonds. The van der Waals surface area contributed by atoms with Crippen LogP contribution in [0.2, 0.25) is 0 Å². The predicted molar refractivity (Wildman–Crippen MR) is 175 cm³/mol. The van der Waals surface area contributed by atoms with E-state index in [4.69, 9.17) is 9.47 Å². The summed E-state index contributed by atoms with van der Waals surface area (Å²) in [5, 5.41) is 15.7. The average Bonchev–Trinajstić information content (AvgIpc) is 3.10. The van der Waals surface area contributed by atoms with Crippen molar-refractivity contribution >= 4 is 23.9 Å². The monoisotopic (exact) mass is 639 g/mol. The van der Waals surface area contributed by atoms with Crippen molar-refractivity contribution in [1.82, 2.24) is 15.5 Å². The SMILES string of the molecule is O=C(NC1CC=CCC(CC(=O)N2Cc3ccccc3CC2CO)C(=O)NC(Cc2ccccc2)COC1=O)OCc1ccccc1. The third-order valence-corrected chi connectivity index (χ3v) is 8.52. The first-order chi connectivity index (χ1) is 22.9. The van der Waals surface area contributed by atoms with Gasteiger partial charge in [0.25, 0.3) is 0 Å². The summed E-state index contributed by atoms with van der Waals surface area (Å²) < 4.78 is 11.0. The van der Waals surface area contributed by atoms with E-state index in [0.29, 0.717) is 19.4 Å². The van der Waals surface area contributed by atoms with Gasteiger partial charge in [0.1, 0.15) is 19.3 Å². The van der Waals surface area contributed by atoms with Crippen molar-refractivity contribution in [1.29, 1.82) is 0 Å². The van der Waals surface area contributed by atoms with E-state index in [1.54, 1.807) is 17.1 Å². The molecule has 2 heterocycles. The van der Waals surface area contributed by atoms with E-state index in [1.165, 1.54) is 0 Å². The average molecular weight is 640 g/mol. The Bertz CT molecular complexity index is 1550. The molecule has 0 aromatic heterocycles. The Balaban J connectivity index is 1.30. The number of carbonyl (C=O) groups excluding carboxylic acids is 4. The quantitative estimate of drug-likeness (QED) is 0.252. The van der Waals surface area contributed by atoms with Gasteiger partial charge in [0.15, 0.2) is 0 Å². The standard InChI is InChI=1S/C37H41N3O7/c41-23-32-20-28-15-7-8-17-30(28)22-40(32)34(42)21-29-16-9-10-18-33(39-37(45)47-24-27-13-5-2-6-14-27)36(44)46-25-31(38-35(29)43)19-26-11-3-1-4-12-26/h1-15,17,29,31-33,41H,16,18-25H2,(H,38,43)(H,39,45). The number of ether oxygens (including phenoxy) is 2. The molecule has 10 nitrogen and oxygen atoms in total. The minimum Gasteiger partial charge on any atom is -0.462 e. The van der Waals surface area contributed by atoms with Gasteiger partial charge in [-0.05, 0) is 47.9 Å². The van der Waals surface area contributed by atoms with Crippen molar-refractivity contribution in [3.8, 4) is 0 Å². The molecule has 10 heteroatoms. The van der Waals surface area contributed by atoms with E-state index in [9.17, 15) is 24.3 Å². The molecule has 4 atom stereocenters. The number of hydrogen-bond donors (Lipinski definition) is 3. The Hall–Kier alpha value is -4.96. The molecule has 5 rings (SSSR count). The molecule has 0 spiro atoms. The molecule has 4 unspecified atom stereocenters. The molecule has 47 heavy (non-hydrogen) atoms. The minimum absolute atomic E-state index is 0.0465. The summed E-state index contributed by atoms with van der Waals surface area (Å²) in [6, 6.07) is 24.6. The highest BCUT2D eigenvalue weighted by Crippen LogP contribution is 2.25. The summed E-state index contributed by atoms with van der Waals surface area (Å²) >= 11 is 0. The van der Waals surface area contributed by atoms with E-state index >= 15 is 0 Å². The molecule has 2 aliphatic rings. The smallest absolute Gasteiger partial charge is 0.408 e. The summed E-state index contributed by atoms with van der Waals surface area (Å²) in [6.07, 6.45) is 3.92. The van der Waals surface area contributed by atoms with Gasteiger partial charge in [-0.25, -0.2) is 9.59 Å². The molecule has 3 N–H and O–H groups in total. The molecule has 3 aromatic carbocycles. The van der Waals surface area contributed by atoms with Crippen LogP contribution in [0, 0.1) is 5.92 Å². The van der Waals surface area contributed by atoms with Crippen LogP contribution >= 0.6 is 0 Å². The maximum Gasteiger partial charge on any atom is 0.408 e. The number of rotatable bonds is 8. The lowest BCUT2D eigenvalue weighted by Gasteiger charge is -2.36. The maximum absolute atomic E-state index is 13.7. The van der Waals surface area contributed by atoms with Crippen LogP contribution in [0.3, 0.4) is 0 Å². The van der Waals surface area contributed by atoms with Gasteiger partial charge in [-0.2, -0.15) is 0 Å². The fraction of sp³-hybridized carbons (Fsp3) is 0.351. The molecule has 0 fully saturated rings. The molecule has 2 aliphatic heterocycles. The summed E-state index contributed by atoms with van der Waals surface area (Å²) in [5.41, 5.74) is 3.88. The molecular weight excluding hydrogens is 598 g/mol. The van der Waals surface area contributed by atoms with Gasteiger partial charge < -0.3 is 30.1 Å². The number of nitrogens with zero attached hydrogens (tertiary/aromatic N) is 1. The van der Waals surface area contributed by atoms with Gasteiger partial charge in [0.2, 0.25) is 11.8 Å². The summed E-state index contributed by atoms with van der Waals surface area (Å²) in [6.45, 7) is 0.107. The second-order valence-corrected chi connectivity index (χ2v) is 12.0. The number of aliphatic hydroxyl groups is 1. The topological polar surface area (TPSA) is 134 Å². The number of benzene rings is 3. The third kappa shape index (κ3) is 9.52. The van der Waals surface area contributed by atoms with E-state index in [0.717, 1.165) is 22.3 Å². The number of aliphatic hydroxyl groups excluding tert-OH is 1. The number of nitrogens with one attached hydrogen (secondary N) is 2. The molecule has 0 aliphatic carbocycles. The second-order valence-electron chi connectivity index (χ2n) is 12.0. The van der Waals surface area contributed by atoms with Gasteiger partial charge in [0, 0.05) is 13.0 Å². The molecule has 0 radical (unpaired) electrons. The van der Waals surface area contributed by atoms with Gasteiger partial charge in [-0.1, -0.05) is 97.1 Å². The van der Waals surface area contributed by atoms with Crippen LogP contribution < -0.4 is 10.6 Å². The highest BCUT2D eigenvalue weighted by Gasteiger charge is 2.33. The van der Waals surface area contributed by atoms with Crippen LogP contribution in [0.15, 0.2) is 97.1 Å². The molecule has 0 saturated heterocycles. The molecule has 3 aromatic rings. The highest BCUT2D eigenvalue weighted by atomic mass is 16.6. The predicted octanol–water partition coefficient (Wildman–Crippen LogP) is 3.85. The van der Waals surface area contributed by atoms with Crippen molar-refractivity contribution in [2.24, 2.45) is 5.92 Å². The van der Waals surface area contributed by atoms with Crippen molar-refractivity contribution in [2.75, 3.05) is 13.2 Å². The van der Waals surface area contributed by atoms with E-state index < -0.39 is 30.1 Å². The Kier molecular flexibility index (Phi) is 11.8. The number of carbonyl (C=O) groups is 4. The van der Waals surface area contributed by atoms with Gasteiger partial charge in [-0.3, -0.25) is 9.59 Å². The van der Waals surface area contributed by atoms with Crippen LogP contribution in [0.4, 0.5) is 4.79 Å². The zero-order valence-electron chi connectivity index (χ0n) is 26.3. The number of fused-ring (bicyclic) bond motifs is 1. The molecule has 0 saturated carbocycles. The van der Waals surface area contributed by atoms with Gasteiger partial charge in [-0.15, -0.1) is 0 Å². The zero-order chi connectivity index (χ0) is 33.0. The number of alkyl carbamates (subject to hydrolysis) is 1. The largest absolute Gasteiger partial charge is 0.462 e. The summed E-state index contributed by atoms with van der Waals surface area (Å²) in [5.74, 6) is -1.89. The van der Waals surface area contributed by atoms with E-state index in [1.807, 2.05) is 84.9 Å². The fourth-order valence-electron chi connectivity index (χ4n) is 5.92. The van der Waals surface area contributed by atoms with Crippen LogP contribution in [0.1, 0.15) is 41.5 Å². The Morgan fingerprint density at radius 3 is 2.28 bits per heavy atom. The van der Waals surface area contributed by atoms with E-state index in [-0.39, 0.29) is 56.9 Å². The molecule has 246 valence electrons. The third-order valence-electron chi connectivity index (χ3n) is 8.52. The van der Waals surface area contributed by atoms with E-state index in [2.05, 4.69) is 10.6 Å². The van der Waals surface area contributed by atoms with Crippen LogP contribution in [0.5, 0.6) is 0 Å². The Morgan fingerprint density at radius 2 is 1.55 bits per heavy atom. The van der Waals surface area contributed by atoms with Crippen molar-refractivity contribution < 1.29 is 33.8 Å². The second kappa shape index (κ2) is 16.6. The summed E-state index contributed by atoms with van der Waals surface area (Å²) in [7, 11) is 0. The van der Waals surface area contributed by atoms with Crippen molar-refractivity contribution in [3.63, 3.8) is 0 Å². The van der Waals surface area contributed by atoms with Crippen LogP contribution in [-0.4, -0.2) is 65.2 Å². The zero-order valence-corrected chi connectivity index (χ0v) is 26.3. The molecule has 0 bridgehead atoms. The first-order valence-electron chi connectivity index (χ1n) is 16.0. The summed E-state index contributed by atoms with van der Waals surface area (Å²) in [4.78, 5) is 54.8.